The van der Waals surface area contributed by atoms with Crippen molar-refractivity contribution in [2.75, 3.05) is 0 Å². The molecule has 0 bridgehead atoms. The molecule has 1 heterocycles. The molecule has 5 heteroatoms. The lowest BCUT2D eigenvalue weighted by Crippen LogP contribution is -2.42. The number of benzene rings is 1. The molecule has 0 N–H and O–H groups in total. The van der Waals surface area contributed by atoms with Crippen molar-refractivity contribution >= 4 is 28.3 Å². The van der Waals surface area contributed by atoms with Gasteiger partial charge >= 0.3 is 6.18 Å². The molecule has 0 saturated carbocycles. The van der Waals surface area contributed by atoms with Crippen LogP contribution < -0.4 is 10.2 Å². The Labute approximate surface area is 140 Å². The zero-order valence-electron chi connectivity index (χ0n) is 13.3. The minimum Gasteiger partial charge on any atom is -0.167 e. The summed E-state index contributed by atoms with van der Waals surface area (Å²) in [5.41, 5.74) is 2.46. The van der Waals surface area contributed by atoms with E-state index in [-0.39, 0.29) is 6.71 Å². The molecule has 0 amide bonds. The molecule has 1 aromatic carbocycles. The highest BCUT2D eigenvalue weighted by atomic mass is 32.1. The number of halogens is 3. The quantitative estimate of drug-likeness (QED) is 0.515. The van der Waals surface area contributed by atoms with Gasteiger partial charge < -0.3 is 0 Å². The Bertz CT molecular complexity index is 629. The Morgan fingerprint density at radius 2 is 1.83 bits per heavy atom. The van der Waals surface area contributed by atoms with E-state index in [1.807, 2.05) is 18.2 Å². The van der Waals surface area contributed by atoms with Crippen LogP contribution in [0.2, 0.25) is 6.32 Å². The van der Waals surface area contributed by atoms with Crippen molar-refractivity contribution in [3.63, 3.8) is 0 Å². The number of alkyl halides is 3. The predicted octanol–water partition coefficient (Wildman–Crippen LogP) is 4.99. The van der Waals surface area contributed by atoms with Crippen LogP contribution >= 0.6 is 11.3 Å². The molecule has 0 aliphatic heterocycles. The summed E-state index contributed by atoms with van der Waals surface area (Å²) in [6.07, 6.45) is -1.56. The fourth-order valence-electron chi connectivity index (χ4n) is 2.71. The molecular formula is C18H20BF3S. The second-order valence-corrected chi connectivity index (χ2v) is 6.83. The van der Waals surface area contributed by atoms with E-state index in [0.717, 1.165) is 5.46 Å². The van der Waals surface area contributed by atoms with Gasteiger partial charge in [-0.3, -0.25) is 0 Å². The summed E-state index contributed by atoms with van der Waals surface area (Å²) in [4.78, 5) is 0. The van der Waals surface area contributed by atoms with Crippen molar-refractivity contribution in [1.82, 2.24) is 0 Å². The van der Waals surface area contributed by atoms with Gasteiger partial charge in [-0.05, 0) is 34.1 Å². The zero-order chi connectivity index (χ0) is 16.9. The van der Waals surface area contributed by atoms with Gasteiger partial charge in [0.05, 0.1) is 0 Å². The summed E-state index contributed by atoms with van der Waals surface area (Å²) in [7, 11) is 0. The largest absolute Gasteiger partial charge is 0.409 e. The molecule has 0 fully saturated rings. The second kappa shape index (κ2) is 7.87. The lowest BCUT2D eigenvalue weighted by Gasteiger charge is -2.16. The molecule has 2 aromatic rings. The van der Waals surface area contributed by atoms with Gasteiger partial charge in [0.1, 0.15) is 0 Å². The molecule has 0 atom stereocenters. The summed E-state index contributed by atoms with van der Waals surface area (Å²) >= 11 is 1.70. The molecule has 23 heavy (non-hydrogen) atoms. The van der Waals surface area contributed by atoms with Crippen LogP contribution in [0.15, 0.2) is 53.9 Å². The lowest BCUT2D eigenvalue weighted by atomic mass is 9.40. The van der Waals surface area contributed by atoms with Crippen LogP contribution in [0, 0.1) is 0 Å². The number of hydrogen-bond donors (Lipinski definition) is 0. The van der Waals surface area contributed by atoms with Gasteiger partial charge in [0, 0.05) is 6.08 Å². The normalized spacial score (nSPS) is 12.3. The Kier molecular flexibility index (Phi) is 6.11. The Morgan fingerprint density at radius 3 is 2.43 bits per heavy atom. The van der Waals surface area contributed by atoms with E-state index in [0.29, 0.717) is 24.7 Å². The molecule has 0 spiro atoms. The molecule has 1 aromatic heterocycles. The summed E-state index contributed by atoms with van der Waals surface area (Å²) in [6, 6.07) is 12.2. The molecule has 0 aliphatic rings. The van der Waals surface area contributed by atoms with Gasteiger partial charge in [-0.25, -0.2) is 0 Å². The van der Waals surface area contributed by atoms with Crippen molar-refractivity contribution in [1.29, 1.82) is 0 Å². The van der Waals surface area contributed by atoms with Crippen molar-refractivity contribution in [2.45, 2.75) is 38.7 Å². The maximum absolute atomic E-state index is 12.3. The molecule has 0 aliphatic carbocycles. The van der Waals surface area contributed by atoms with E-state index < -0.39 is 6.18 Å². The van der Waals surface area contributed by atoms with Gasteiger partial charge in [0.15, 0.2) is 0 Å². The fraction of sp³-hybridized carbons (Fsp3) is 0.333. The molecule has 0 saturated heterocycles. The monoisotopic (exact) mass is 336 g/mol. The Balaban J connectivity index is 2.23. The van der Waals surface area contributed by atoms with Gasteiger partial charge in [0.2, 0.25) is 6.71 Å². The summed E-state index contributed by atoms with van der Waals surface area (Å²) in [5.74, 6) is 0.410. The molecule has 0 unspecified atom stereocenters. The average Bonchev–Trinajstić information content (AvgIpc) is 2.96. The van der Waals surface area contributed by atoms with Crippen LogP contribution in [0.25, 0.3) is 0 Å². The van der Waals surface area contributed by atoms with Crippen molar-refractivity contribution in [2.24, 2.45) is 0 Å². The SMILES string of the molecule is CC(C)c1ccsc1B(CCC=CC(F)(F)F)c1ccccc1. The third-order valence-corrected chi connectivity index (χ3v) is 4.84. The highest BCUT2D eigenvalue weighted by Crippen LogP contribution is 2.19. The first-order chi connectivity index (χ1) is 10.9. The van der Waals surface area contributed by atoms with Crippen molar-refractivity contribution in [3.05, 3.63) is 59.5 Å². The van der Waals surface area contributed by atoms with E-state index in [2.05, 4.69) is 37.4 Å². The fourth-order valence-corrected chi connectivity index (χ4v) is 3.92. The first kappa shape index (κ1) is 17.9. The molecule has 122 valence electrons. The minimum atomic E-state index is -4.23. The number of hydrogen-bond acceptors (Lipinski definition) is 1. The van der Waals surface area contributed by atoms with Gasteiger partial charge in [-0.2, -0.15) is 24.5 Å². The maximum atomic E-state index is 12.3. The standard InChI is InChI=1S/C18H20BF3S/c1-14(2)16-10-13-23-17(16)19(15-8-4-3-5-9-15)12-7-6-11-18(20,21)22/h3-6,8-11,13-14H,7,12H2,1-2H3. The van der Waals surface area contributed by atoms with E-state index >= 15 is 0 Å². The molecular weight excluding hydrogens is 316 g/mol. The van der Waals surface area contributed by atoms with Crippen LogP contribution in [0.3, 0.4) is 0 Å². The van der Waals surface area contributed by atoms with E-state index in [4.69, 9.17) is 0 Å². The predicted molar refractivity (Wildman–Crippen MR) is 94.5 cm³/mol. The highest BCUT2D eigenvalue weighted by molar-refractivity contribution is 7.24. The number of allylic oxidation sites excluding steroid dienone is 2. The summed E-state index contributed by atoms with van der Waals surface area (Å²) < 4.78 is 38.1. The van der Waals surface area contributed by atoms with Crippen molar-refractivity contribution in [3.8, 4) is 0 Å². The number of thiophene rings is 1. The van der Waals surface area contributed by atoms with E-state index in [1.165, 1.54) is 16.4 Å². The first-order valence-corrected chi connectivity index (χ1v) is 8.63. The van der Waals surface area contributed by atoms with E-state index in [1.54, 1.807) is 11.3 Å². The third-order valence-electron chi connectivity index (χ3n) is 3.80. The van der Waals surface area contributed by atoms with Gasteiger partial charge in [-0.1, -0.05) is 62.0 Å². The van der Waals surface area contributed by atoms with Gasteiger partial charge in [-0.15, -0.1) is 0 Å². The van der Waals surface area contributed by atoms with Crippen LogP contribution in [-0.4, -0.2) is 12.9 Å². The maximum Gasteiger partial charge on any atom is 0.409 e. The molecule has 0 radical (unpaired) electrons. The van der Waals surface area contributed by atoms with E-state index in [9.17, 15) is 13.2 Å². The van der Waals surface area contributed by atoms with Crippen LogP contribution in [0.1, 0.15) is 31.7 Å². The van der Waals surface area contributed by atoms with Crippen LogP contribution in [-0.2, 0) is 0 Å². The first-order valence-electron chi connectivity index (χ1n) is 7.75. The smallest absolute Gasteiger partial charge is 0.167 e. The summed E-state index contributed by atoms with van der Waals surface area (Å²) in [5, 5.41) is 2.08. The Hall–Kier alpha value is -1.49. The van der Waals surface area contributed by atoms with Gasteiger partial charge in [0.25, 0.3) is 0 Å². The number of rotatable bonds is 6. The van der Waals surface area contributed by atoms with Crippen LogP contribution in [0.4, 0.5) is 13.2 Å². The Morgan fingerprint density at radius 1 is 1.13 bits per heavy atom. The van der Waals surface area contributed by atoms with Crippen LogP contribution in [0.5, 0.6) is 0 Å². The zero-order valence-corrected chi connectivity index (χ0v) is 14.1. The molecule has 0 nitrogen and oxygen atoms in total. The average molecular weight is 336 g/mol. The lowest BCUT2D eigenvalue weighted by molar-refractivity contribution is -0.0800. The third kappa shape index (κ3) is 5.27. The topological polar surface area (TPSA) is 0 Å². The minimum absolute atomic E-state index is 0.145. The summed E-state index contributed by atoms with van der Waals surface area (Å²) in [6.45, 7) is 4.44. The second-order valence-electron chi connectivity index (χ2n) is 5.88. The van der Waals surface area contributed by atoms with Crippen molar-refractivity contribution < 1.29 is 13.2 Å². The molecule has 2 rings (SSSR count). The highest BCUT2D eigenvalue weighted by Gasteiger charge is 2.25.